The first-order valence-electron chi connectivity index (χ1n) is 7.91. The smallest absolute Gasteiger partial charge is 0.265 e. The van der Waals surface area contributed by atoms with E-state index in [9.17, 15) is 9.90 Å². The minimum absolute atomic E-state index is 0.170. The summed E-state index contributed by atoms with van der Waals surface area (Å²) in [5.41, 5.74) is 15.2. The van der Waals surface area contributed by atoms with Gasteiger partial charge in [-0.3, -0.25) is 4.79 Å². The number of halogens is 1. The van der Waals surface area contributed by atoms with Crippen molar-refractivity contribution in [3.63, 3.8) is 0 Å². The van der Waals surface area contributed by atoms with Gasteiger partial charge in [-0.2, -0.15) is 0 Å². The number of aliphatic hydroxyl groups excluding tert-OH is 1. The average molecular weight is 372 g/mol. The molecule has 0 aliphatic heterocycles. The van der Waals surface area contributed by atoms with Gasteiger partial charge in [0, 0.05) is 23.2 Å². The van der Waals surface area contributed by atoms with E-state index in [1.54, 1.807) is 28.8 Å². The lowest BCUT2D eigenvalue weighted by molar-refractivity contribution is 0.0991. The summed E-state index contributed by atoms with van der Waals surface area (Å²) in [6.07, 6.45) is 1.34. The predicted octanol–water partition coefficient (Wildman–Crippen LogP) is 2.25. The second-order valence-corrected chi connectivity index (χ2v) is 6.26. The molecule has 0 spiro atoms. The molecule has 2 aromatic heterocycles. The van der Waals surface area contributed by atoms with E-state index in [2.05, 4.69) is 9.97 Å². The van der Waals surface area contributed by atoms with Crippen LogP contribution in [0.3, 0.4) is 0 Å². The third-order valence-corrected chi connectivity index (χ3v) is 4.33. The van der Waals surface area contributed by atoms with E-state index in [0.717, 1.165) is 11.1 Å². The highest BCUT2D eigenvalue weighted by molar-refractivity contribution is 6.31. The molecule has 0 bridgehead atoms. The number of aliphatic hydroxyl groups is 1. The molecule has 1 aromatic carbocycles. The summed E-state index contributed by atoms with van der Waals surface area (Å²) in [7, 11) is 0. The molecular weight excluding hydrogens is 354 g/mol. The minimum atomic E-state index is -0.610. The molecule has 1 amide bonds. The quantitative estimate of drug-likeness (QED) is 0.635. The lowest BCUT2D eigenvalue weighted by atomic mass is 10.00. The highest BCUT2D eigenvalue weighted by atomic mass is 35.5. The van der Waals surface area contributed by atoms with Crippen LogP contribution in [-0.4, -0.2) is 32.2 Å². The van der Waals surface area contributed by atoms with Gasteiger partial charge in [0.1, 0.15) is 17.8 Å². The van der Waals surface area contributed by atoms with Gasteiger partial charge in [0.05, 0.1) is 18.0 Å². The monoisotopic (exact) mass is 371 g/mol. The molecule has 3 aromatic rings. The van der Waals surface area contributed by atoms with Crippen LogP contribution < -0.4 is 11.5 Å². The van der Waals surface area contributed by atoms with Crippen molar-refractivity contribution in [2.24, 2.45) is 5.73 Å². The van der Waals surface area contributed by atoms with Gasteiger partial charge in [-0.15, -0.1) is 0 Å². The molecule has 0 atom stereocenters. The van der Waals surface area contributed by atoms with Crippen molar-refractivity contribution in [1.29, 1.82) is 0 Å². The third-order valence-electron chi connectivity index (χ3n) is 4.09. The lowest BCUT2D eigenvalue weighted by Crippen LogP contribution is -2.20. The Morgan fingerprint density at radius 2 is 2.00 bits per heavy atom. The summed E-state index contributed by atoms with van der Waals surface area (Å²) in [5.74, 6) is -0.311. The van der Waals surface area contributed by atoms with Crippen molar-refractivity contribution >= 4 is 23.3 Å². The van der Waals surface area contributed by atoms with Crippen molar-refractivity contribution in [3.05, 3.63) is 52.9 Å². The van der Waals surface area contributed by atoms with E-state index in [4.69, 9.17) is 23.1 Å². The molecule has 0 saturated carbocycles. The van der Waals surface area contributed by atoms with Crippen LogP contribution in [0.15, 0.2) is 36.7 Å². The van der Waals surface area contributed by atoms with Crippen molar-refractivity contribution in [1.82, 2.24) is 14.5 Å². The van der Waals surface area contributed by atoms with E-state index >= 15 is 0 Å². The lowest BCUT2D eigenvalue weighted by Gasteiger charge is -2.11. The number of nitrogens with two attached hydrogens (primary N) is 2. The molecule has 26 heavy (non-hydrogen) atoms. The van der Waals surface area contributed by atoms with E-state index in [0.29, 0.717) is 27.8 Å². The Balaban J connectivity index is 2.33. The number of hydrogen-bond donors (Lipinski definition) is 3. The molecule has 0 radical (unpaired) electrons. The second-order valence-electron chi connectivity index (χ2n) is 5.82. The van der Waals surface area contributed by atoms with Crippen molar-refractivity contribution in [3.8, 4) is 22.5 Å². The maximum Gasteiger partial charge on any atom is 0.265 e. The molecule has 0 aliphatic rings. The fourth-order valence-electron chi connectivity index (χ4n) is 2.96. The van der Waals surface area contributed by atoms with Crippen LogP contribution in [0.25, 0.3) is 22.5 Å². The third kappa shape index (κ3) is 3.26. The molecule has 3 rings (SSSR count). The number of nitrogens with zero attached hydrogens (tertiary/aromatic N) is 3. The fraction of sp³-hybridized carbons (Fsp3) is 0.167. The molecule has 0 aliphatic carbocycles. The van der Waals surface area contributed by atoms with Gasteiger partial charge in [0.15, 0.2) is 0 Å². The van der Waals surface area contributed by atoms with Gasteiger partial charge < -0.3 is 21.1 Å². The number of benzene rings is 1. The highest BCUT2D eigenvalue weighted by Crippen LogP contribution is 2.35. The van der Waals surface area contributed by atoms with Crippen LogP contribution in [0.1, 0.15) is 16.1 Å². The van der Waals surface area contributed by atoms with E-state index in [1.807, 2.05) is 13.0 Å². The SMILES string of the molecule is Cc1ccc(Cl)cc1-c1cc(-c2cc(N)ncn2)n(CCO)c1C(N)=O. The number of carbonyl (C=O) groups is 1. The predicted molar refractivity (Wildman–Crippen MR) is 101 cm³/mol. The summed E-state index contributed by atoms with van der Waals surface area (Å²) in [6.45, 7) is 1.93. The number of aromatic nitrogens is 3. The zero-order valence-corrected chi connectivity index (χ0v) is 14.9. The minimum Gasteiger partial charge on any atom is -0.395 e. The highest BCUT2D eigenvalue weighted by Gasteiger charge is 2.23. The topological polar surface area (TPSA) is 120 Å². The first kappa shape index (κ1) is 17.9. The average Bonchev–Trinajstić information content (AvgIpc) is 2.97. The number of aryl methyl sites for hydroxylation is 1. The van der Waals surface area contributed by atoms with Gasteiger partial charge in [0.25, 0.3) is 5.91 Å². The van der Waals surface area contributed by atoms with Crippen LogP contribution in [0, 0.1) is 6.92 Å². The Hall–Kier alpha value is -2.90. The van der Waals surface area contributed by atoms with Crippen LogP contribution in [-0.2, 0) is 6.54 Å². The number of primary amides is 1. The molecule has 0 fully saturated rings. The number of anilines is 1. The molecule has 5 N–H and O–H groups in total. The van der Waals surface area contributed by atoms with Crippen LogP contribution in [0.2, 0.25) is 5.02 Å². The van der Waals surface area contributed by atoms with E-state index in [-0.39, 0.29) is 18.8 Å². The summed E-state index contributed by atoms with van der Waals surface area (Å²) in [6, 6.07) is 8.83. The number of hydrogen-bond acceptors (Lipinski definition) is 5. The first-order chi connectivity index (χ1) is 12.4. The van der Waals surface area contributed by atoms with Gasteiger partial charge >= 0.3 is 0 Å². The van der Waals surface area contributed by atoms with Crippen LogP contribution >= 0.6 is 11.6 Å². The van der Waals surface area contributed by atoms with Gasteiger partial charge in [0.2, 0.25) is 0 Å². The standard InChI is InChI=1S/C18H18ClN5O2/c1-10-2-3-11(19)6-12(10)13-7-15(14-8-16(20)23-9-22-14)24(4-5-25)17(13)18(21)26/h2-3,6-9,25H,4-5H2,1H3,(H2,21,26)(H2,20,22,23). The first-order valence-corrected chi connectivity index (χ1v) is 8.28. The molecule has 2 heterocycles. The number of carbonyl (C=O) groups excluding carboxylic acids is 1. The Bertz CT molecular complexity index is 984. The zero-order chi connectivity index (χ0) is 18.8. The van der Waals surface area contributed by atoms with Gasteiger partial charge in [-0.1, -0.05) is 17.7 Å². The normalized spacial score (nSPS) is 10.9. The van der Waals surface area contributed by atoms with Crippen molar-refractivity contribution in [2.45, 2.75) is 13.5 Å². The van der Waals surface area contributed by atoms with Crippen molar-refractivity contribution < 1.29 is 9.90 Å². The Kier molecular flexibility index (Phi) is 4.92. The number of rotatable bonds is 5. The molecular formula is C18H18ClN5O2. The van der Waals surface area contributed by atoms with Gasteiger partial charge in [-0.05, 0) is 36.2 Å². The largest absolute Gasteiger partial charge is 0.395 e. The molecule has 0 unspecified atom stereocenters. The Morgan fingerprint density at radius 1 is 1.23 bits per heavy atom. The van der Waals surface area contributed by atoms with Crippen LogP contribution in [0.4, 0.5) is 5.82 Å². The maximum absolute atomic E-state index is 12.2. The number of amides is 1. The van der Waals surface area contributed by atoms with E-state index < -0.39 is 5.91 Å². The Morgan fingerprint density at radius 3 is 2.65 bits per heavy atom. The summed E-state index contributed by atoms with van der Waals surface area (Å²) >= 11 is 6.14. The molecule has 7 nitrogen and oxygen atoms in total. The fourth-order valence-corrected chi connectivity index (χ4v) is 3.13. The molecule has 0 saturated heterocycles. The summed E-state index contributed by atoms with van der Waals surface area (Å²) < 4.78 is 1.64. The summed E-state index contributed by atoms with van der Waals surface area (Å²) in [4.78, 5) is 20.3. The zero-order valence-electron chi connectivity index (χ0n) is 14.1. The molecule has 134 valence electrons. The second kappa shape index (κ2) is 7.15. The summed E-state index contributed by atoms with van der Waals surface area (Å²) in [5, 5.41) is 10.0. The van der Waals surface area contributed by atoms with Crippen LogP contribution in [0.5, 0.6) is 0 Å². The van der Waals surface area contributed by atoms with E-state index in [1.165, 1.54) is 6.33 Å². The van der Waals surface area contributed by atoms with Crippen molar-refractivity contribution in [2.75, 3.05) is 12.3 Å². The van der Waals surface area contributed by atoms with Gasteiger partial charge in [-0.25, -0.2) is 9.97 Å². The maximum atomic E-state index is 12.2. The molecule has 8 heteroatoms. The number of nitrogen functional groups attached to an aromatic ring is 1. The Labute approximate surface area is 155 Å².